The third kappa shape index (κ3) is 4.06. The molecule has 1 aromatic rings. The molecule has 2 N–H and O–H groups in total. The lowest BCUT2D eigenvalue weighted by atomic mass is 10.0. The van der Waals surface area contributed by atoms with E-state index in [0.717, 1.165) is 5.56 Å². The minimum Gasteiger partial charge on any atom is -0.355 e. The zero-order valence-electron chi connectivity index (χ0n) is 12.8. The number of nitrogens with zero attached hydrogens (tertiary/aromatic N) is 1. The average molecular weight is 354 g/mol. The highest BCUT2D eigenvalue weighted by molar-refractivity contribution is 6.35. The largest absolute Gasteiger partial charge is 0.355 e. The van der Waals surface area contributed by atoms with Gasteiger partial charge in [0.2, 0.25) is 11.8 Å². The smallest absolute Gasteiger partial charge is 0.248 e. The zero-order valence-corrected chi connectivity index (χ0v) is 14.3. The number of carbonyl (C=O) groups is 2. The molecule has 0 atom stereocenters. The molecule has 0 unspecified atom stereocenters. The van der Waals surface area contributed by atoms with Crippen molar-refractivity contribution in [3.8, 4) is 0 Å². The third-order valence-corrected chi connectivity index (χ3v) is 4.17. The summed E-state index contributed by atoms with van der Waals surface area (Å²) in [4.78, 5) is 25.6. The van der Waals surface area contributed by atoms with E-state index in [-0.39, 0.29) is 18.2 Å². The van der Waals surface area contributed by atoms with E-state index in [1.807, 2.05) is 0 Å². The molecule has 23 heavy (non-hydrogen) atoms. The van der Waals surface area contributed by atoms with Gasteiger partial charge in [0.05, 0.1) is 0 Å². The Morgan fingerprint density at radius 2 is 1.52 bits per heavy atom. The first-order valence-corrected chi connectivity index (χ1v) is 7.76. The molecule has 1 aliphatic heterocycles. The van der Waals surface area contributed by atoms with E-state index >= 15 is 0 Å². The van der Waals surface area contributed by atoms with E-state index in [9.17, 15) is 9.59 Å². The molecule has 1 aliphatic rings. The highest BCUT2D eigenvalue weighted by atomic mass is 35.5. The number of amides is 2. The van der Waals surface area contributed by atoms with E-state index in [1.54, 1.807) is 49.6 Å². The van der Waals surface area contributed by atoms with Crippen molar-refractivity contribution in [3.63, 3.8) is 0 Å². The molecular weight excluding hydrogens is 337 g/mol. The van der Waals surface area contributed by atoms with E-state index in [0.29, 0.717) is 27.7 Å². The molecule has 0 saturated heterocycles. The molecule has 0 radical (unpaired) electrons. The van der Waals surface area contributed by atoms with Crippen LogP contribution in [0.25, 0.3) is 0 Å². The zero-order chi connectivity index (χ0) is 17.0. The lowest BCUT2D eigenvalue weighted by Crippen LogP contribution is -2.30. The van der Waals surface area contributed by atoms with Gasteiger partial charge in [-0.05, 0) is 12.1 Å². The summed E-state index contributed by atoms with van der Waals surface area (Å²) in [7, 11) is 3.10. The van der Waals surface area contributed by atoms with Gasteiger partial charge in [-0.15, -0.1) is 0 Å². The molecule has 0 bridgehead atoms. The summed E-state index contributed by atoms with van der Waals surface area (Å²) < 4.78 is 0. The molecule has 0 aromatic heterocycles. The first-order chi connectivity index (χ1) is 11.0. The van der Waals surface area contributed by atoms with Crippen LogP contribution >= 0.6 is 23.2 Å². The van der Waals surface area contributed by atoms with Gasteiger partial charge < -0.3 is 15.5 Å². The number of halogens is 2. The van der Waals surface area contributed by atoms with Gasteiger partial charge in [-0.2, -0.15) is 0 Å². The molecule has 1 heterocycles. The van der Waals surface area contributed by atoms with Crippen molar-refractivity contribution in [2.75, 3.05) is 14.1 Å². The van der Waals surface area contributed by atoms with Crippen molar-refractivity contribution in [2.45, 2.75) is 13.0 Å². The van der Waals surface area contributed by atoms with Crippen LogP contribution in [0.15, 0.2) is 41.7 Å². The van der Waals surface area contributed by atoms with E-state index in [4.69, 9.17) is 23.2 Å². The van der Waals surface area contributed by atoms with Gasteiger partial charge in [0.1, 0.15) is 0 Å². The van der Waals surface area contributed by atoms with Gasteiger partial charge in [-0.25, -0.2) is 0 Å². The Bertz CT molecular complexity index is 646. The van der Waals surface area contributed by atoms with Crippen molar-refractivity contribution in [1.82, 2.24) is 15.5 Å². The van der Waals surface area contributed by atoms with Crippen LogP contribution in [0, 0.1) is 0 Å². The molecule has 2 amide bonds. The van der Waals surface area contributed by atoms with Crippen LogP contribution in [0.1, 0.15) is 12.0 Å². The van der Waals surface area contributed by atoms with Crippen LogP contribution in [0.4, 0.5) is 0 Å². The molecule has 0 aliphatic carbocycles. The van der Waals surface area contributed by atoms with Crippen LogP contribution in [-0.4, -0.2) is 30.8 Å². The minimum atomic E-state index is -0.227. The quantitative estimate of drug-likeness (QED) is 0.873. The van der Waals surface area contributed by atoms with E-state index in [1.165, 1.54) is 0 Å². The normalized spacial score (nSPS) is 14.0. The van der Waals surface area contributed by atoms with Gasteiger partial charge in [-0.1, -0.05) is 29.3 Å². The lowest BCUT2D eigenvalue weighted by molar-refractivity contribution is -0.117. The first-order valence-electron chi connectivity index (χ1n) is 7.00. The molecule has 0 spiro atoms. The molecule has 122 valence electrons. The summed E-state index contributed by atoms with van der Waals surface area (Å²) in [6.07, 6.45) is 3.67. The highest BCUT2D eigenvalue weighted by Crippen LogP contribution is 2.28. The van der Waals surface area contributed by atoms with Crippen molar-refractivity contribution >= 4 is 35.0 Å². The predicted octanol–water partition coefficient (Wildman–Crippen LogP) is 2.46. The molecule has 7 heteroatoms. The highest BCUT2D eigenvalue weighted by Gasteiger charge is 2.22. The number of nitrogens with one attached hydrogen (secondary N) is 2. The van der Waals surface area contributed by atoms with Crippen LogP contribution in [0.3, 0.4) is 0 Å². The SMILES string of the molecule is CNC(=O)C1=CN(Cc2c(Cl)cccc2Cl)C=C(C(=O)NC)C1. The fourth-order valence-corrected chi connectivity index (χ4v) is 2.81. The second-order valence-electron chi connectivity index (χ2n) is 5.02. The molecule has 0 fully saturated rings. The lowest BCUT2D eigenvalue weighted by Gasteiger charge is -2.25. The summed E-state index contributed by atoms with van der Waals surface area (Å²) >= 11 is 12.4. The summed E-state index contributed by atoms with van der Waals surface area (Å²) in [6.45, 7) is 0.361. The van der Waals surface area contributed by atoms with Gasteiger partial charge in [0.25, 0.3) is 0 Å². The number of likely N-dealkylation sites (N-methyl/N-ethyl adjacent to an activating group) is 2. The van der Waals surface area contributed by atoms with Gasteiger partial charge in [0.15, 0.2) is 0 Å². The van der Waals surface area contributed by atoms with Crippen molar-refractivity contribution in [2.24, 2.45) is 0 Å². The maximum atomic E-state index is 11.9. The molecule has 1 aromatic carbocycles. The molecule has 0 saturated carbocycles. The van der Waals surface area contributed by atoms with E-state index in [2.05, 4.69) is 10.6 Å². The Labute approximate surface area is 144 Å². The van der Waals surface area contributed by atoms with Crippen LogP contribution in [-0.2, 0) is 16.1 Å². The fourth-order valence-electron chi connectivity index (χ4n) is 2.29. The second-order valence-corrected chi connectivity index (χ2v) is 5.83. The maximum absolute atomic E-state index is 11.9. The van der Waals surface area contributed by atoms with Crippen LogP contribution < -0.4 is 10.6 Å². The summed E-state index contributed by atoms with van der Waals surface area (Å²) in [6, 6.07) is 5.26. The Kier molecular flexibility index (Phi) is 5.69. The molecule has 5 nitrogen and oxygen atoms in total. The molecular formula is C16H17Cl2N3O2. The topological polar surface area (TPSA) is 61.4 Å². The first kappa shape index (κ1) is 17.4. The standard InChI is InChI=1S/C16H17Cl2N3O2/c1-19-15(22)10-6-11(16(23)20-2)8-21(7-10)9-12-13(17)4-3-5-14(12)18/h3-5,7-8H,6,9H2,1-2H3,(H,19,22)(H,20,23). The summed E-state index contributed by atoms with van der Waals surface area (Å²) in [5.41, 5.74) is 1.73. The number of benzene rings is 1. The van der Waals surface area contributed by atoms with Crippen LogP contribution in [0.5, 0.6) is 0 Å². The Balaban J connectivity index is 2.34. The summed E-state index contributed by atoms with van der Waals surface area (Å²) in [5.74, 6) is -0.454. The van der Waals surface area contributed by atoms with Crippen LogP contribution in [0.2, 0.25) is 10.0 Å². The second kappa shape index (κ2) is 7.53. The van der Waals surface area contributed by atoms with Gasteiger partial charge in [0, 0.05) is 66.2 Å². The van der Waals surface area contributed by atoms with Crippen molar-refractivity contribution in [1.29, 1.82) is 0 Å². The number of carbonyl (C=O) groups excluding carboxylic acids is 2. The third-order valence-electron chi connectivity index (χ3n) is 3.46. The van der Waals surface area contributed by atoms with Gasteiger partial charge in [-0.3, -0.25) is 9.59 Å². The number of hydrogen-bond acceptors (Lipinski definition) is 3. The Morgan fingerprint density at radius 3 is 1.96 bits per heavy atom. The van der Waals surface area contributed by atoms with E-state index < -0.39 is 0 Å². The van der Waals surface area contributed by atoms with Gasteiger partial charge >= 0.3 is 0 Å². The monoisotopic (exact) mass is 353 g/mol. The summed E-state index contributed by atoms with van der Waals surface area (Å²) in [5, 5.41) is 6.22. The fraction of sp³-hybridized carbons (Fsp3) is 0.250. The average Bonchev–Trinajstić information content (AvgIpc) is 2.56. The Hall–Kier alpha value is -1.98. The maximum Gasteiger partial charge on any atom is 0.248 e. The van der Waals surface area contributed by atoms with Crippen molar-refractivity contribution in [3.05, 3.63) is 57.4 Å². The minimum absolute atomic E-state index is 0.227. The number of rotatable bonds is 4. The number of hydrogen-bond donors (Lipinski definition) is 2. The Morgan fingerprint density at radius 1 is 1.04 bits per heavy atom. The predicted molar refractivity (Wildman–Crippen MR) is 90.9 cm³/mol. The van der Waals surface area contributed by atoms with Crippen molar-refractivity contribution < 1.29 is 9.59 Å². The molecule has 2 rings (SSSR count).